The Hall–Kier alpha value is -1.55. The van der Waals surface area contributed by atoms with Crippen LogP contribution >= 0.6 is 0 Å². The van der Waals surface area contributed by atoms with Gasteiger partial charge in [-0.05, 0) is 30.0 Å². The molecule has 1 aliphatic heterocycles. The fourth-order valence-corrected chi connectivity index (χ4v) is 3.46. The molecule has 1 N–H and O–H groups in total. The summed E-state index contributed by atoms with van der Waals surface area (Å²) >= 11 is 0. The summed E-state index contributed by atoms with van der Waals surface area (Å²) < 4.78 is 5.12. The van der Waals surface area contributed by atoms with E-state index in [1.54, 1.807) is 7.11 Å². The molecule has 4 heteroatoms. The van der Waals surface area contributed by atoms with Crippen LogP contribution in [0.1, 0.15) is 18.9 Å². The van der Waals surface area contributed by atoms with Crippen molar-refractivity contribution in [1.82, 2.24) is 4.90 Å². The maximum absolute atomic E-state index is 12.2. The summed E-state index contributed by atoms with van der Waals surface area (Å²) in [5, 5.41) is 10.1. The zero-order chi connectivity index (χ0) is 13.6. The average Bonchev–Trinajstić information content (AvgIpc) is 2.82. The number of ether oxygens (including phenoxy) is 1. The number of nitrogens with zero attached hydrogens (tertiary/aromatic N) is 1. The minimum atomic E-state index is -0.485. The van der Waals surface area contributed by atoms with Crippen LogP contribution in [-0.4, -0.2) is 35.2 Å². The number of hydrogen-bond donors (Lipinski definition) is 1. The van der Waals surface area contributed by atoms with Gasteiger partial charge in [-0.2, -0.15) is 0 Å². The highest BCUT2D eigenvalue weighted by atomic mass is 16.5. The molecule has 4 atom stereocenters. The summed E-state index contributed by atoms with van der Waals surface area (Å²) in [5.41, 5.74) is 1.07. The van der Waals surface area contributed by atoms with Crippen molar-refractivity contribution in [3.63, 3.8) is 0 Å². The Morgan fingerprint density at radius 3 is 2.63 bits per heavy atom. The lowest BCUT2D eigenvalue weighted by Gasteiger charge is -2.31. The first-order chi connectivity index (χ1) is 9.11. The van der Waals surface area contributed by atoms with Crippen molar-refractivity contribution < 1.29 is 14.6 Å². The van der Waals surface area contributed by atoms with Gasteiger partial charge in [-0.15, -0.1) is 0 Å². The molecular formula is C15H19NO3. The molecule has 2 bridgehead atoms. The van der Waals surface area contributed by atoms with Crippen molar-refractivity contribution in [1.29, 1.82) is 0 Å². The van der Waals surface area contributed by atoms with E-state index in [1.165, 1.54) is 0 Å². The molecule has 1 saturated heterocycles. The third-order valence-corrected chi connectivity index (χ3v) is 4.44. The first-order valence-corrected chi connectivity index (χ1v) is 6.73. The van der Waals surface area contributed by atoms with Gasteiger partial charge in [0.2, 0.25) is 5.91 Å². The molecule has 2 fully saturated rings. The highest BCUT2D eigenvalue weighted by molar-refractivity contribution is 5.83. The largest absolute Gasteiger partial charge is 0.497 e. The maximum atomic E-state index is 12.2. The fourth-order valence-electron chi connectivity index (χ4n) is 3.46. The Balaban J connectivity index is 1.77. The van der Waals surface area contributed by atoms with E-state index in [4.69, 9.17) is 4.74 Å². The zero-order valence-corrected chi connectivity index (χ0v) is 11.2. The van der Waals surface area contributed by atoms with E-state index in [2.05, 4.69) is 6.92 Å². The normalized spacial score (nSPS) is 33.0. The predicted octanol–water partition coefficient (Wildman–Crippen LogP) is 1.42. The maximum Gasteiger partial charge on any atom is 0.229 e. The highest BCUT2D eigenvalue weighted by Gasteiger charge is 2.55. The summed E-state index contributed by atoms with van der Waals surface area (Å²) in [6, 6.07) is 7.71. The Kier molecular flexibility index (Phi) is 2.97. The van der Waals surface area contributed by atoms with Crippen LogP contribution in [0.15, 0.2) is 24.3 Å². The van der Waals surface area contributed by atoms with E-state index in [-0.39, 0.29) is 17.9 Å². The van der Waals surface area contributed by atoms with Crippen LogP contribution < -0.4 is 4.74 Å². The summed E-state index contributed by atoms with van der Waals surface area (Å²) in [6.45, 7) is 2.69. The zero-order valence-electron chi connectivity index (χ0n) is 11.2. The Labute approximate surface area is 113 Å². The minimum Gasteiger partial charge on any atom is -0.497 e. The topological polar surface area (TPSA) is 49.8 Å². The smallest absolute Gasteiger partial charge is 0.229 e. The van der Waals surface area contributed by atoms with Crippen molar-refractivity contribution in [2.75, 3.05) is 7.11 Å². The Morgan fingerprint density at radius 2 is 2.05 bits per heavy atom. The summed E-state index contributed by atoms with van der Waals surface area (Å²) in [6.07, 6.45) is 0.338. The molecule has 1 aliphatic carbocycles. The molecule has 2 aliphatic rings. The number of benzene rings is 1. The van der Waals surface area contributed by atoms with Crippen molar-refractivity contribution >= 4 is 5.91 Å². The number of piperidine rings is 1. The van der Waals surface area contributed by atoms with E-state index in [0.717, 1.165) is 17.7 Å². The summed E-state index contributed by atoms with van der Waals surface area (Å²) in [5.74, 6) is 1.12. The number of amides is 1. The minimum absolute atomic E-state index is 0.0143. The van der Waals surface area contributed by atoms with E-state index in [9.17, 15) is 9.90 Å². The molecule has 1 saturated carbocycles. The monoisotopic (exact) mass is 261 g/mol. The molecule has 19 heavy (non-hydrogen) atoms. The van der Waals surface area contributed by atoms with Gasteiger partial charge in [0.05, 0.1) is 25.2 Å². The second-order valence-corrected chi connectivity index (χ2v) is 5.61. The number of methoxy groups -OCH3 is 1. The molecule has 1 heterocycles. The number of rotatable bonds is 3. The van der Waals surface area contributed by atoms with Gasteiger partial charge in [-0.25, -0.2) is 0 Å². The lowest BCUT2D eigenvalue weighted by atomic mass is 9.99. The molecule has 1 aromatic rings. The summed E-state index contributed by atoms with van der Waals surface area (Å²) in [7, 11) is 1.63. The first kappa shape index (κ1) is 12.5. The Bertz CT molecular complexity index is 485. The van der Waals surface area contributed by atoms with Gasteiger partial charge in [0.1, 0.15) is 5.75 Å². The van der Waals surface area contributed by atoms with Crippen LogP contribution in [0, 0.1) is 11.8 Å². The van der Waals surface area contributed by atoms with E-state index in [0.29, 0.717) is 12.5 Å². The number of aliphatic hydroxyl groups is 1. The van der Waals surface area contributed by atoms with Crippen LogP contribution in [0.4, 0.5) is 0 Å². The average molecular weight is 261 g/mol. The molecule has 102 valence electrons. The Morgan fingerprint density at radius 1 is 1.37 bits per heavy atom. The van der Waals surface area contributed by atoms with Gasteiger partial charge in [0.15, 0.2) is 0 Å². The van der Waals surface area contributed by atoms with Crippen LogP contribution in [0.2, 0.25) is 0 Å². The van der Waals surface area contributed by atoms with Gasteiger partial charge < -0.3 is 14.7 Å². The fraction of sp³-hybridized carbons (Fsp3) is 0.533. The van der Waals surface area contributed by atoms with Gasteiger partial charge in [0, 0.05) is 6.54 Å². The SMILES string of the molecule is COc1ccc(CN2C(=O)C3CC(C)C2C3O)cc1. The van der Waals surface area contributed by atoms with Gasteiger partial charge >= 0.3 is 0 Å². The lowest BCUT2D eigenvalue weighted by Crippen LogP contribution is -2.41. The first-order valence-electron chi connectivity index (χ1n) is 6.73. The number of aliphatic hydroxyl groups excluding tert-OH is 1. The third kappa shape index (κ3) is 1.91. The van der Waals surface area contributed by atoms with Crippen LogP contribution in [0.3, 0.4) is 0 Å². The predicted molar refractivity (Wildman–Crippen MR) is 70.6 cm³/mol. The molecule has 4 nitrogen and oxygen atoms in total. The van der Waals surface area contributed by atoms with E-state index < -0.39 is 6.10 Å². The molecule has 1 aromatic carbocycles. The van der Waals surface area contributed by atoms with Crippen LogP contribution in [0.25, 0.3) is 0 Å². The number of likely N-dealkylation sites (tertiary alicyclic amines) is 1. The van der Waals surface area contributed by atoms with Gasteiger partial charge in [-0.3, -0.25) is 4.79 Å². The molecule has 0 aromatic heterocycles. The third-order valence-electron chi connectivity index (χ3n) is 4.44. The molecule has 0 radical (unpaired) electrons. The standard InChI is InChI=1S/C15H19NO3/c1-9-7-12-14(17)13(9)16(15(12)18)8-10-3-5-11(19-2)6-4-10/h3-6,9,12-14,17H,7-8H2,1-2H3. The van der Waals surface area contributed by atoms with Crippen molar-refractivity contribution in [2.24, 2.45) is 11.8 Å². The van der Waals surface area contributed by atoms with Gasteiger partial charge in [-0.1, -0.05) is 19.1 Å². The van der Waals surface area contributed by atoms with Crippen molar-refractivity contribution in [3.05, 3.63) is 29.8 Å². The van der Waals surface area contributed by atoms with Gasteiger partial charge in [0.25, 0.3) is 0 Å². The number of carbonyl (C=O) groups excluding carboxylic acids is 1. The van der Waals surface area contributed by atoms with Crippen LogP contribution in [0.5, 0.6) is 5.75 Å². The van der Waals surface area contributed by atoms with Crippen molar-refractivity contribution in [3.8, 4) is 5.75 Å². The van der Waals surface area contributed by atoms with E-state index >= 15 is 0 Å². The molecule has 3 rings (SSSR count). The molecular weight excluding hydrogens is 242 g/mol. The number of carbonyl (C=O) groups is 1. The summed E-state index contributed by atoms with van der Waals surface area (Å²) in [4.78, 5) is 14.0. The van der Waals surface area contributed by atoms with Crippen molar-refractivity contribution in [2.45, 2.75) is 32.0 Å². The molecule has 1 amide bonds. The molecule has 0 spiro atoms. The highest BCUT2D eigenvalue weighted by Crippen LogP contribution is 2.43. The lowest BCUT2D eigenvalue weighted by molar-refractivity contribution is -0.136. The second-order valence-electron chi connectivity index (χ2n) is 5.61. The van der Waals surface area contributed by atoms with Crippen LogP contribution in [-0.2, 0) is 11.3 Å². The quantitative estimate of drug-likeness (QED) is 0.895. The number of hydrogen-bond acceptors (Lipinski definition) is 3. The second kappa shape index (κ2) is 4.53. The van der Waals surface area contributed by atoms with E-state index in [1.807, 2.05) is 29.2 Å². The number of fused-ring (bicyclic) bond motifs is 2. The molecule has 4 unspecified atom stereocenters.